The largest absolute Gasteiger partial charge is 0.376 e. The lowest BCUT2D eigenvalue weighted by Crippen LogP contribution is -2.00. The van der Waals surface area contributed by atoms with Crippen molar-refractivity contribution in [1.82, 2.24) is 0 Å². The van der Waals surface area contributed by atoms with Crippen molar-refractivity contribution >= 4 is 11.3 Å². The Hall–Kier alpha value is -0.340. The van der Waals surface area contributed by atoms with Gasteiger partial charge in [-0.3, -0.25) is 0 Å². The maximum atomic E-state index is 5.58. The van der Waals surface area contributed by atoms with E-state index in [1.807, 2.05) is 11.3 Å². The topological polar surface area (TPSA) is 9.23 Å². The first kappa shape index (κ1) is 11.7. The summed E-state index contributed by atoms with van der Waals surface area (Å²) in [6.45, 7) is 10.4. The maximum absolute atomic E-state index is 5.58. The van der Waals surface area contributed by atoms with E-state index in [2.05, 4.69) is 39.8 Å². The standard InChI is InChI=1S/C12H20OS/c1-9(2)7-13-8-11-5-6-12(14-11)10(3)4/h5-6,9-10H,7-8H2,1-4H3. The Morgan fingerprint density at radius 1 is 1.21 bits per heavy atom. The van der Waals surface area contributed by atoms with E-state index in [1.54, 1.807) is 0 Å². The van der Waals surface area contributed by atoms with Crippen molar-refractivity contribution in [3.05, 3.63) is 21.9 Å². The average Bonchev–Trinajstić information content (AvgIpc) is 2.52. The molecule has 1 nitrogen and oxygen atoms in total. The van der Waals surface area contributed by atoms with Gasteiger partial charge in [-0.25, -0.2) is 0 Å². The fourth-order valence-corrected chi connectivity index (χ4v) is 2.13. The van der Waals surface area contributed by atoms with Crippen LogP contribution in [0.1, 0.15) is 43.4 Å². The van der Waals surface area contributed by atoms with Gasteiger partial charge < -0.3 is 4.74 Å². The summed E-state index contributed by atoms with van der Waals surface area (Å²) in [5, 5.41) is 0. The Morgan fingerprint density at radius 2 is 1.93 bits per heavy atom. The molecule has 0 saturated carbocycles. The Morgan fingerprint density at radius 3 is 2.43 bits per heavy atom. The van der Waals surface area contributed by atoms with Crippen LogP contribution in [0.2, 0.25) is 0 Å². The third-order valence-electron chi connectivity index (χ3n) is 1.95. The van der Waals surface area contributed by atoms with Crippen LogP contribution in [0.3, 0.4) is 0 Å². The number of ether oxygens (including phenoxy) is 1. The van der Waals surface area contributed by atoms with Crippen molar-refractivity contribution in [2.24, 2.45) is 5.92 Å². The lowest BCUT2D eigenvalue weighted by atomic mass is 10.2. The smallest absolute Gasteiger partial charge is 0.0809 e. The zero-order valence-electron chi connectivity index (χ0n) is 9.54. The van der Waals surface area contributed by atoms with Crippen LogP contribution in [0, 0.1) is 5.92 Å². The van der Waals surface area contributed by atoms with Crippen LogP contribution in [0.15, 0.2) is 12.1 Å². The molecule has 14 heavy (non-hydrogen) atoms. The number of hydrogen-bond donors (Lipinski definition) is 0. The SMILES string of the molecule is CC(C)COCc1ccc(C(C)C)s1. The van der Waals surface area contributed by atoms with E-state index in [4.69, 9.17) is 4.74 Å². The minimum absolute atomic E-state index is 0.625. The lowest BCUT2D eigenvalue weighted by molar-refractivity contribution is 0.0989. The molecule has 2 heteroatoms. The highest BCUT2D eigenvalue weighted by atomic mass is 32.1. The predicted octanol–water partition coefficient (Wildman–Crippen LogP) is 4.04. The molecule has 0 radical (unpaired) electrons. The quantitative estimate of drug-likeness (QED) is 0.715. The van der Waals surface area contributed by atoms with E-state index in [9.17, 15) is 0 Å². The Balaban J connectivity index is 2.36. The maximum Gasteiger partial charge on any atom is 0.0809 e. The molecular formula is C12H20OS. The zero-order chi connectivity index (χ0) is 10.6. The first-order valence-electron chi connectivity index (χ1n) is 5.26. The zero-order valence-corrected chi connectivity index (χ0v) is 10.4. The molecular weight excluding hydrogens is 192 g/mol. The van der Waals surface area contributed by atoms with Crippen LogP contribution in [0.5, 0.6) is 0 Å². The van der Waals surface area contributed by atoms with Gasteiger partial charge in [0.15, 0.2) is 0 Å². The minimum atomic E-state index is 0.625. The Kier molecular flexibility index (Phi) is 4.63. The molecule has 0 atom stereocenters. The van der Waals surface area contributed by atoms with Gasteiger partial charge in [0, 0.05) is 16.4 Å². The third-order valence-corrected chi connectivity index (χ3v) is 3.31. The highest BCUT2D eigenvalue weighted by Gasteiger charge is 2.04. The van der Waals surface area contributed by atoms with Crippen molar-refractivity contribution in [2.45, 2.75) is 40.2 Å². The van der Waals surface area contributed by atoms with Crippen molar-refractivity contribution in [3.8, 4) is 0 Å². The van der Waals surface area contributed by atoms with E-state index in [1.165, 1.54) is 9.75 Å². The number of thiophene rings is 1. The molecule has 0 N–H and O–H groups in total. The molecule has 0 unspecified atom stereocenters. The summed E-state index contributed by atoms with van der Waals surface area (Å²) in [4.78, 5) is 2.79. The molecule has 0 aromatic carbocycles. The summed E-state index contributed by atoms with van der Waals surface area (Å²) >= 11 is 1.87. The number of rotatable bonds is 5. The molecule has 0 saturated heterocycles. The van der Waals surface area contributed by atoms with Crippen LogP contribution < -0.4 is 0 Å². The van der Waals surface area contributed by atoms with Gasteiger partial charge in [0.2, 0.25) is 0 Å². The molecule has 0 aliphatic carbocycles. The molecule has 0 fully saturated rings. The molecule has 0 aliphatic rings. The second-order valence-electron chi connectivity index (χ2n) is 4.37. The van der Waals surface area contributed by atoms with Gasteiger partial charge in [0.1, 0.15) is 0 Å². The van der Waals surface area contributed by atoms with Gasteiger partial charge in [-0.1, -0.05) is 27.7 Å². The van der Waals surface area contributed by atoms with E-state index in [-0.39, 0.29) is 0 Å². The van der Waals surface area contributed by atoms with E-state index >= 15 is 0 Å². The molecule has 1 rings (SSSR count). The molecule has 1 aromatic heterocycles. The van der Waals surface area contributed by atoms with Crippen molar-refractivity contribution in [3.63, 3.8) is 0 Å². The van der Waals surface area contributed by atoms with E-state index in [0.29, 0.717) is 11.8 Å². The highest BCUT2D eigenvalue weighted by molar-refractivity contribution is 7.12. The second-order valence-corrected chi connectivity index (χ2v) is 5.57. The fraction of sp³-hybridized carbons (Fsp3) is 0.667. The first-order chi connectivity index (χ1) is 6.59. The summed E-state index contributed by atoms with van der Waals surface area (Å²) in [7, 11) is 0. The van der Waals surface area contributed by atoms with Crippen LogP contribution in [0.25, 0.3) is 0 Å². The minimum Gasteiger partial charge on any atom is -0.376 e. The molecule has 0 bridgehead atoms. The van der Waals surface area contributed by atoms with Crippen molar-refractivity contribution < 1.29 is 4.74 Å². The van der Waals surface area contributed by atoms with Gasteiger partial charge in [0.05, 0.1) is 6.61 Å². The molecule has 80 valence electrons. The van der Waals surface area contributed by atoms with Crippen LogP contribution in [-0.4, -0.2) is 6.61 Å². The molecule has 1 heterocycles. The van der Waals surface area contributed by atoms with Crippen molar-refractivity contribution in [1.29, 1.82) is 0 Å². The predicted molar refractivity (Wildman–Crippen MR) is 62.9 cm³/mol. The Bertz CT molecular complexity index is 263. The molecule has 0 spiro atoms. The van der Waals surface area contributed by atoms with Crippen molar-refractivity contribution in [2.75, 3.05) is 6.61 Å². The summed E-state index contributed by atoms with van der Waals surface area (Å²) in [5.74, 6) is 1.26. The summed E-state index contributed by atoms with van der Waals surface area (Å²) < 4.78 is 5.58. The fourth-order valence-electron chi connectivity index (χ4n) is 1.18. The van der Waals surface area contributed by atoms with Gasteiger partial charge in [-0.05, 0) is 24.0 Å². The monoisotopic (exact) mass is 212 g/mol. The van der Waals surface area contributed by atoms with E-state index in [0.717, 1.165) is 13.2 Å². The first-order valence-corrected chi connectivity index (χ1v) is 6.07. The summed E-state index contributed by atoms with van der Waals surface area (Å²) in [5.41, 5.74) is 0. The van der Waals surface area contributed by atoms with Crippen LogP contribution >= 0.6 is 11.3 Å². The second kappa shape index (κ2) is 5.52. The average molecular weight is 212 g/mol. The van der Waals surface area contributed by atoms with Gasteiger partial charge in [0.25, 0.3) is 0 Å². The lowest BCUT2D eigenvalue weighted by Gasteiger charge is -2.04. The van der Waals surface area contributed by atoms with Gasteiger partial charge in [-0.2, -0.15) is 0 Å². The summed E-state index contributed by atoms with van der Waals surface area (Å²) in [6.07, 6.45) is 0. The van der Waals surface area contributed by atoms with Crippen LogP contribution in [-0.2, 0) is 11.3 Å². The third kappa shape index (κ3) is 3.81. The summed E-state index contributed by atoms with van der Waals surface area (Å²) in [6, 6.07) is 4.39. The Labute approximate surface area is 91.1 Å². The molecule has 0 amide bonds. The normalized spacial score (nSPS) is 11.6. The molecule has 1 aromatic rings. The van der Waals surface area contributed by atoms with Gasteiger partial charge >= 0.3 is 0 Å². The molecule has 0 aliphatic heterocycles. The van der Waals surface area contributed by atoms with Crippen LogP contribution in [0.4, 0.5) is 0 Å². The number of hydrogen-bond acceptors (Lipinski definition) is 2. The van der Waals surface area contributed by atoms with E-state index < -0.39 is 0 Å². The van der Waals surface area contributed by atoms with Gasteiger partial charge in [-0.15, -0.1) is 11.3 Å². The highest BCUT2D eigenvalue weighted by Crippen LogP contribution is 2.24.